The lowest BCUT2D eigenvalue weighted by Crippen LogP contribution is -2.52. The van der Waals surface area contributed by atoms with Crippen LogP contribution in [0.4, 0.5) is 0 Å². The number of allylic oxidation sites excluding steroid dienone is 1. The molecular weight excluding hydrogens is 470 g/mol. The Hall–Kier alpha value is -2.43. The maximum absolute atomic E-state index is 13.1. The Morgan fingerprint density at radius 1 is 0.974 bits per heavy atom. The van der Waals surface area contributed by atoms with Gasteiger partial charge in [0.25, 0.3) is 5.91 Å². The minimum Gasteiger partial charge on any atom is -0.393 e. The second kappa shape index (κ2) is 9.64. The zero-order valence-electron chi connectivity index (χ0n) is 22.9. The molecule has 38 heavy (non-hydrogen) atoms. The van der Waals surface area contributed by atoms with Crippen molar-refractivity contribution in [2.75, 3.05) is 6.54 Å². The first kappa shape index (κ1) is 25.8. The van der Waals surface area contributed by atoms with E-state index in [0.717, 1.165) is 50.5 Å². The summed E-state index contributed by atoms with van der Waals surface area (Å²) in [6.45, 7) is 5.35. The van der Waals surface area contributed by atoms with Crippen LogP contribution >= 0.6 is 0 Å². The summed E-state index contributed by atoms with van der Waals surface area (Å²) in [5, 5.41) is 26.1. The predicted molar refractivity (Wildman–Crippen MR) is 150 cm³/mol. The first-order chi connectivity index (χ1) is 18.2. The highest BCUT2D eigenvalue weighted by Crippen LogP contribution is 2.68. The third-order valence-electron chi connectivity index (χ3n) is 11.4. The summed E-state index contributed by atoms with van der Waals surface area (Å²) in [5.74, 6) is 1.48. The first-order valence-corrected chi connectivity index (χ1v) is 14.7. The van der Waals surface area contributed by atoms with Crippen molar-refractivity contribution < 1.29 is 15.0 Å². The summed E-state index contributed by atoms with van der Waals surface area (Å²) < 4.78 is 0. The Kier molecular flexibility index (Phi) is 6.55. The number of aliphatic hydroxyl groups excluding tert-OH is 1. The van der Waals surface area contributed by atoms with Gasteiger partial charge in [-0.15, -0.1) is 0 Å². The molecule has 0 saturated heterocycles. The monoisotopic (exact) mass is 513 g/mol. The number of carbonyl (C=O) groups excluding carboxylic acids is 1. The van der Waals surface area contributed by atoms with Crippen LogP contribution in [-0.2, 0) is 6.42 Å². The van der Waals surface area contributed by atoms with Gasteiger partial charge in [0.15, 0.2) is 0 Å². The average Bonchev–Trinajstić information content (AvgIpc) is 3.14. The van der Waals surface area contributed by atoms with E-state index in [1.54, 1.807) is 0 Å². The van der Waals surface area contributed by atoms with Crippen molar-refractivity contribution in [1.82, 2.24) is 5.32 Å². The third-order valence-corrected chi connectivity index (χ3v) is 11.4. The maximum atomic E-state index is 13.1. The minimum atomic E-state index is -0.868. The van der Waals surface area contributed by atoms with Gasteiger partial charge >= 0.3 is 0 Å². The first-order valence-electron chi connectivity index (χ1n) is 14.7. The van der Waals surface area contributed by atoms with Gasteiger partial charge < -0.3 is 15.5 Å². The number of rotatable bonds is 5. The second-order valence-corrected chi connectivity index (χ2v) is 13.3. The number of nitrogens with one attached hydrogen (secondary N) is 1. The fourth-order valence-electron chi connectivity index (χ4n) is 9.40. The molecule has 4 aliphatic rings. The van der Waals surface area contributed by atoms with Crippen molar-refractivity contribution >= 4 is 5.91 Å². The SMILES string of the molecule is C[C@]12CC[C@H]3[C@@H](CC=C4C[C@@H](O)CC[C@@]43C)[C@@H]1C[C@@](O)(Cc1ccccc1)[C@@H]2CNC(=O)c1ccccc1. The van der Waals surface area contributed by atoms with Gasteiger partial charge in [0.05, 0.1) is 11.7 Å². The van der Waals surface area contributed by atoms with Crippen molar-refractivity contribution in [2.45, 2.75) is 76.9 Å². The molecule has 4 heteroatoms. The quantitative estimate of drug-likeness (QED) is 0.434. The zero-order chi connectivity index (χ0) is 26.5. The normalized spacial score (nSPS) is 39.9. The molecule has 6 rings (SSSR count). The van der Waals surface area contributed by atoms with Gasteiger partial charge in [-0.3, -0.25) is 4.79 Å². The van der Waals surface area contributed by atoms with E-state index < -0.39 is 5.60 Å². The van der Waals surface area contributed by atoms with Crippen LogP contribution in [-0.4, -0.2) is 34.4 Å². The average molecular weight is 514 g/mol. The summed E-state index contributed by atoms with van der Waals surface area (Å²) in [6, 6.07) is 19.8. The Labute approximate surface area is 227 Å². The van der Waals surface area contributed by atoms with Gasteiger partial charge in [0.1, 0.15) is 0 Å². The van der Waals surface area contributed by atoms with Gasteiger partial charge in [0, 0.05) is 24.4 Å². The molecule has 8 atom stereocenters. The topological polar surface area (TPSA) is 69.6 Å². The highest BCUT2D eigenvalue weighted by atomic mass is 16.3. The number of hydrogen-bond donors (Lipinski definition) is 3. The number of benzene rings is 2. The zero-order valence-corrected chi connectivity index (χ0v) is 22.9. The standard InChI is InChI=1S/C34H43NO3/c1-32-17-15-26(36)19-25(32)13-14-27-28(32)16-18-33(2)29(27)21-34(38,20-23-9-5-3-6-10-23)30(33)22-35-31(37)24-11-7-4-8-12-24/h3-13,26-30,36,38H,14-22H2,1-2H3,(H,35,37)/t26-,27+,28-,29-,30+,32-,33-,34-/m0/s1. The number of aliphatic hydroxyl groups is 2. The number of carbonyl (C=O) groups is 1. The lowest BCUT2D eigenvalue weighted by Gasteiger charge is -2.58. The van der Waals surface area contributed by atoms with Crippen molar-refractivity contribution in [1.29, 1.82) is 0 Å². The molecule has 2 aromatic rings. The predicted octanol–water partition coefficient (Wildman–Crippen LogP) is 5.94. The van der Waals surface area contributed by atoms with E-state index in [9.17, 15) is 15.0 Å². The molecule has 3 N–H and O–H groups in total. The molecule has 3 saturated carbocycles. The largest absolute Gasteiger partial charge is 0.393 e. The van der Waals surface area contributed by atoms with Crippen molar-refractivity contribution in [3.63, 3.8) is 0 Å². The van der Waals surface area contributed by atoms with E-state index in [2.05, 4.69) is 49.5 Å². The van der Waals surface area contributed by atoms with E-state index in [1.807, 2.05) is 36.4 Å². The summed E-state index contributed by atoms with van der Waals surface area (Å²) in [7, 11) is 0. The molecule has 0 spiro atoms. The highest BCUT2D eigenvalue weighted by Gasteiger charge is 2.65. The van der Waals surface area contributed by atoms with Crippen molar-refractivity contribution in [3.8, 4) is 0 Å². The smallest absolute Gasteiger partial charge is 0.251 e. The summed E-state index contributed by atoms with van der Waals surface area (Å²) in [5.41, 5.74) is 2.57. The van der Waals surface area contributed by atoms with Gasteiger partial charge in [-0.2, -0.15) is 0 Å². The number of fused-ring (bicyclic) bond motifs is 5. The number of hydrogen-bond acceptors (Lipinski definition) is 3. The lowest BCUT2D eigenvalue weighted by atomic mass is 9.47. The van der Waals surface area contributed by atoms with E-state index >= 15 is 0 Å². The lowest BCUT2D eigenvalue weighted by molar-refractivity contribution is -0.0592. The molecule has 0 aromatic heterocycles. The van der Waals surface area contributed by atoms with Crippen molar-refractivity contribution in [3.05, 3.63) is 83.4 Å². The Bertz CT molecular complexity index is 1190. The van der Waals surface area contributed by atoms with Crippen LogP contribution in [0, 0.1) is 34.5 Å². The van der Waals surface area contributed by atoms with E-state index in [-0.39, 0.29) is 28.8 Å². The molecule has 0 heterocycles. The molecule has 3 fully saturated rings. The molecule has 0 bridgehead atoms. The summed E-state index contributed by atoms with van der Waals surface area (Å²) in [4.78, 5) is 13.1. The van der Waals surface area contributed by atoms with Gasteiger partial charge in [-0.1, -0.05) is 74.0 Å². The van der Waals surface area contributed by atoms with Crippen LogP contribution in [0.1, 0.15) is 74.7 Å². The Balaban J connectivity index is 1.31. The Morgan fingerprint density at radius 3 is 2.42 bits per heavy atom. The Morgan fingerprint density at radius 2 is 1.68 bits per heavy atom. The second-order valence-electron chi connectivity index (χ2n) is 13.3. The van der Waals surface area contributed by atoms with Crippen LogP contribution < -0.4 is 5.32 Å². The maximum Gasteiger partial charge on any atom is 0.251 e. The molecule has 4 aliphatic carbocycles. The van der Waals surface area contributed by atoms with Crippen LogP contribution in [0.3, 0.4) is 0 Å². The molecule has 0 aliphatic heterocycles. The molecule has 1 amide bonds. The number of amides is 1. The summed E-state index contributed by atoms with van der Waals surface area (Å²) in [6.07, 6.45) is 9.73. The fourth-order valence-corrected chi connectivity index (χ4v) is 9.40. The van der Waals surface area contributed by atoms with Gasteiger partial charge in [-0.05, 0) is 91.2 Å². The molecular formula is C34H43NO3. The molecule has 0 radical (unpaired) electrons. The minimum absolute atomic E-state index is 0.0137. The van der Waals surface area contributed by atoms with Gasteiger partial charge in [-0.25, -0.2) is 0 Å². The molecule has 0 unspecified atom stereocenters. The fraction of sp³-hybridized carbons (Fsp3) is 0.559. The highest BCUT2D eigenvalue weighted by molar-refractivity contribution is 5.94. The van der Waals surface area contributed by atoms with E-state index in [0.29, 0.717) is 36.3 Å². The van der Waals surface area contributed by atoms with Crippen LogP contribution in [0.5, 0.6) is 0 Å². The van der Waals surface area contributed by atoms with Crippen molar-refractivity contribution in [2.24, 2.45) is 34.5 Å². The van der Waals surface area contributed by atoms with Crippen LogP contribution in [0.15, 0.2) is 72.3 Å². The van der Waals surface area contributed by atoms with E-state index in [1.165, 1.54) is 5.57 Å². The molecule has 2 aromatic carbocycles. The van der Waals surface area contributed by atoms with Crippen LogP contribution in [0.2, 0.25) is 0 Å². The van der Waals surface area contributed by atoms with Crippen LogP contribution in [0.25, 0.3) is 0 Å². The summed E-state index contributed by atoms with van der Waals surface area (Å²) >= 11 is 0. The molecule has 4 nitrogen and oxygen atoms in total. The third kappa shape index (κ3) is 4.25. The van der Waals surface area contributed by atoms with Gasteiger partial charge in [0.2, 0.25) is 0 Å². The van der Waals surface area contributed by atoms with E-state index in [4.69, 9.17) is 0 Å². The molecule has 202 valence electrons.